The van der Waals surface area contributed by atoms with Gasteiger partial charge < -0.3 is 5.32 Å². The van der Waals surface area contributed by atoms with Gasteiger partial charge in [-0.1, -0.05) is 71.5 Å². The molecule has 0 heterocycles. The van der Waals surface area contributed by atoms with E-state index >= 15 is 0 Å². The van der Waals surface area contributed by atoms with Crippen molar-refractivity contribution < 1.29 is 0 Å². The Kier molecular flexibility index (Phi) is 4.20. The molecule has 1 saturated carbocycles. The fourth-order valence-corrected chi connectivity index (χ4v) is 5.77. The Labute approximate surface area is 133 Å². The zero-order valence-corrected chi connectivity index (χ0v) is 14.5. The summed E-state index contributed by atoms with van der Waals surface area (Å²) in [4.78, 5) is 0. The molecule has 0 unspecified atom stereocenters. The lowest BCUT2D eigenvalue weighted by atomic mass is 10.2. The van der Waals surface area contributed by atoms with Crippen LogP contribution in [0.25, 0.3) is 0 Å². The van der Waals surface area contributed by atoms with Crippen LogP contribution in [0.5, 0.6) is 0 Å². The van der Waals surface area contributed by atoms with E-state index < -0.39 is 8.07 Å². The minimum Gasteiger partial charge on any atom is -0.310 e. The fourth-order valence-electron chi connectivity index (χ4n) is 2.85. The van der Waals surface area contributed by atoms with Crippen LogP contribution >= 0.6 is 11.6 Å². The second-order valence-electron chi connectivity index (χ2n) is 6.44. The topological polar surface area (TPSA) is 12.0 Å². The molecule has 3 rings (SSSR count). The molecular weight excluding hydrogens is 294 g/mol. The molecule has 0 atom stereocenters. The Morgan fingerprint density at radius 3 is 2.38 bits per heavy atom. The molecule has 0 bridgehead atoms. The monoisotopic (exact) mass is 315 g/mol. The summed E-state index contributed by atoms with van der Waals surface area (Å²) in [5.41, 5.74) is 1.45. The number of hydrogen-bond donors (Lipinski definition) is 1. The van der Waals surface area contributed by atoms with Gasteiger partial charge in [0.05, 0.1) is 0 Å². The Morgan fingerprint density at radius 2 is 1.71 bits per heavy atom. The van der Waals surface area contributed by atoms with E-state index in [9.17, 15) is 0 Å². The highest BCUT2D eigenvalue weighted by Gasteiger charge is 2.28. The van der Waals surface area contributed by atoms with Crippen molar-refractivity contribution in [2.45, 2.75) is 38.5 Å². The number of hydrogen-bond acceptors (Lipinski definition) is 1. The molecule has 0 aromatic heterocycles. The highest BCUT2D eigenvalue weighted by molar-refractivity contribution is 7.00. The zero-order valence-electron chi connectivity index (χ0n) is 12.7. The van der Waals surface area contributed by atoms with Gasteiger partial charge in [0.1, 0.15) is 8.07 Å². The first-order valence-corrected chi connectivity index (χ1v) is 11.0. The van der Waals surface area contributed by atoms with Gasteiger partial charge in [0.2, 0.25) is 0 Å². The molecule has 1 nitrogen and oxygen atoms in total. The lowest BCUT2D eigenvalue weighted by Crippen LogP contribution is -2.54. The average Bonchev–Trinajstić information content (AvgIpc) is 3.30. The van der Waals surface area contributed by atoms with Gasteiger partial charge in [-0.15, -0.1) is 0 Å². The number of rotatable bonds is 5. The number of halogens is 1. The van der Waals surface area contributed by atoms with Gasteiger partial charge in [0, 0.05) is 17.6 Å². The molecule has 1 aliphatic rings. The Hall–Kier alpha value is -1.09. The van der Waals surface area contributed by atoms with Crippen molar-refractivity contribution in [3.8, 4) is 0 Å². The van der Waals surface area contributed by atoms with E-state index in [0.29, 0.717) is 0 Å². The lowest BCUT2D eigenvalue weighted by Gasteiger charge is -2.26. The van der Waals surface area contributed by atoms with Crippen LogP contribution in [0.3, 0.4) is 0 Å². The second kappa shape index (κ2) is 5.96. The molecule has 0 amide bonds. The SMILES string of the molecule is C[Si](C)(c1ccc(Cl)cc1)c1ccccc1CNC1CC1. The van der Waals surface area contributed by atoms with Crippen LogP contribution in [-0.2, 0) is 6.54 Å². The first-order chi connectivity index (χ1) is 10.1. The third-order valence-corrected chi connectivity index (χ3v) is 8.28. The quantitative estimate of drug-likeness (QED) is 0.834. The maximum absolute atomic E-state index is 6.04. The van der Waals surface area contributed by atoms with E-state index in [4.69, 9.17) is 11.6 Å². The first kappa shape index (κ1) is 14.8. The summed E-state index contributed by atoms with van der Waals surface area (Å²) in [6, 6.07) is 18.1. The molecule has 2 aromatic carbocycles. The molecule has 1 aliphatic carbocycles. The summed E-state index contributed by atoms with van der Waals surface area (Å²) >= 11 is 6.04. The summed E-state index contributed by atoms with van der Waals surface area (Å²) in [6.45, 7) is 5.84. The molecule has 0 aliphatic heterocycles. The third kappa shape index (κ3) is 3.39. The fraction of sp³-hybridized carbons (Fsp3) is 0.333. The molecule has 3 heteroatoms. The van der Waals surface area contributed by atoms with E-state index in [1.54, 1.807) is 0 Å². The van der Waals surface area contributed by atoms with E-state index in [-0.39, 0.29) is 0 Å². The predicted octanol–water partition coefficient (Wildman–Crippen LogP) is 3.41. The van der Waals surface area contributed by atoms with Gasteiger partial charge in [-0.05, 0) is 30.5 Å². The maximum Gasteiger partial charge on any atom is 0.112 e. The number of nitrogens with one attached hydrogen (secondary N) is 1. The summed E-state index contributed by atoms with van der Waals surface area (Å²) in [5.74, 6) is 0. The van der Waals surface area contributed by atoms with Crippen molar-refractivity contribution in [2.75, 3.05) is 0 Å². The van der Waals surface area contributed by atoms with Gasteiger partial charge >= 0.3 is 0 Å². The minimum atomic E-state index is -1.67. The van der Waals surface area contributed by atoms with Crippen LogP contribution in [0.15, 0.2) is 48.5 Å². The minimum absolute atomic E-state index is 0.748. The lowest BCUT2D eigenvalue weighted by molar-refractivity contribution is 0.690. The van der Waals surface area contributed by atoms with Gasteiger partial charge in [-0.25, -0.2) is 0 Å². The molecule has 2 aromatic rings. The largest absolute Gasteiger partial charge is 0.310 e. The first-order valence-electron chi connectivity index (χ1n) is 7.65. The normalized spacial score (nSPS) is 15.2. The van der Waals surface area contributed by atoms with E-state index in [1.807, 2.05) is 12.1 Å². The van der Waals surface area contributed by atoms with Crippen LogP contribution in [0, 0.1) is 0 Å². The van der Waals surface area contributed by atoms with Crippen LogP contribution in [0.1, 0.15) is 18.4 Å². The molecule has 1 fully saturated rings. The summed E-state index contributed by atoms with van der Waals surface area (Å²) < 4.78 is 0. The van der Waals surface area contributed by atoms with Gasteiger partial charge in [0.15, 0.2) is 0 Å². The Bertz CT molecular complexity index is 617. The molecule has 110 valence electrons. The predicted molar refractivity (Wildman–Crippen MR) is 94.5 cm³/mol. The van der Waals surface area contributed by atoms with Crippen LogP contribution < -0.4 is 15.7 Å². The van der Waals surface area contributed by atoms with Crippen molar-refractivity contribution in [3.05, 3.63) is 59.1 Å². The van der Waals surface area contributed by atoms with Crippen LogP contribution in [0.4, 0.5) is 0 Å². The maximum atomic E-state index is 6.04. The Balaban J connectivity index is 1.91. The summed E-state index contributed by atoms with van der Waals surface area (Å²) in [5, 5.41) is 7.42. The smallest absolute Gasteiger partial charge is 0.112 e. The molecule has 21 heavy (non-hydrogen) atoms. The molecule has 1 N–H and O–H groups in total. The van der Waals surface area contributed by atoms with Gasteiger partial charge in [0.25, 0.3) is 0 Å². The van der Waals surface area contributed by atoms with Crippen molar-refractivity contribution >= 4 is 30.0 Å². The van der Waals surface area contributed by atoms with Gasteiger partial charge in [-0.3, -0.25) is 0 Å². The van der Waals surface area contributed by atoms with E-state index in [1.165, 1.54) is 28.8 Å². The second-order valence-corrected chi connectivity index (χ2v) is 11.2. The molecule has 0 radical (unpaired) electrons. The third-order valence-electron chi connectivity index (χ3n) is 4.42. The van der Waals surface area contributed by atoms with Crippen molar-refractivity contribution in [1.82, 2.24) is 5.32 Å². The van der Waals surface area contributed by atoms with Crippen molar-refractivity contribution in [1.29, 1.82) is 0 Å². The molecule has 0 spiro atoms. The standard InChI is InChI=1S/C18H22ClNSi/c1-21(2,17-11-7-15(19)8-12-17)18-6-4-3-5-14(18)13-20-16-9-10-16/h3-8,11-12,16,20H,9-10,13H2,1-2H3. The average molecular weight is 316 g/mol. The van der Waals surface area contributed by atoms with E-state index in [0.717, 1.165) is 17.6 Å². The summed E-state index contributed by atoms with van der Waals surface area (Å²) in [7, 11) is -1.67. The van der Waals surface area contributed by atoms with Crippen LogP contribution in [-0.4, -0.2) is 14.1 Å². The molecule has 0 saturated heterocycles. The highest BCUT2D eigenvalue weighted by atomic mass is 35.5. The van der Waals surface area contributed by atoms with Crippen molar-refractivity contribution in [2.24, 2.45) is 0 Å². The Morgan fingerprint density at radius 1 is 1.05 bits per heavy atom. The van der Waals surface area contributed by atoms with Crippen molar-refractivity contribution in [3.63, 3.8) is 0 Å². The van der Waals surface area contributed by atoms with Crippen LogP contribution in [0.2, 0.25) is 18.1 Å². The number of benzene rings is 2. The highest BCUT2D eigenvalue weighted by Crippen LogP contribution is 2.19. The van der Waals surface area contributed by atoms with E-state index in [2.05, 4.69) is 54.8 Å². The zero-order chi connectivity index (χ0) is 14.9. The molecular formula is C18H22ClNSi. The summed E-state index contributed by atoms with van der Waals surface area (Å²) in [6.07, 6.45) is 2.67. The van der Waals surface area contributed by atoms with Gasteiger partial charge in [-0.2, -0.15) is 0 Å².